The average Bonchev–Trinajstić information content (AvgIpc) is 3.17. The molecular formula is C15H16N2O3. The molecule has 2 aromatic rings. The quantitative estimate of drug-likeness (QED) is 0.908. The molecule has 1 aromatic carbocycles. The van der Waals surface area contributed by atoms with Crippen molar-refractivity contribution >= 4 is 5.88 Å². The van der Waals surface area contributed by atoms with Crippen LogP contribution >= 0.6 is 0 Å². The number of hydrogen-bond acceptors (Lipinski definition) is 5. The number of hydrogen-bond donors (Lipinski definition) is 1. The summed E-state index contributed by atoms with van der Waals surface area (Å²) in [5.74, 6) is 2.36. The number of nitrogen functional groups attached to an aromatic ring is 1. The molecule has 20 heavy (non-hydrogen) atoms. The third kappa shape index (κ3) is 1.73. The van der Waals surface area contributed by atoms with Gasteiger partial charge in [0, 0.05) is 5.92 Å². The standard InChI is InChI=1S/C15H16N2O3/c16-15-13(14(17-20-15)9-3-1-2-4-9)10-5-6-11-12(7-10)19-8-18-11/h5-7,9H,1-4,8,16H2. The fraction of sp³-hybridized carbons (Fsp3) is 0.400. The van der Waals surface area contributed by atoms with Crippen molar-refractivity contribution in [2.75, 3.05) is 12.5 Å². The smallest absolute Gasteiger partial charge is 0.231 e. The Bertz CT molecular complexity index is 645. The van der Waals surface area contributed by atoms with Gasteiger partial charge in [0.25, 0.3) is 0 Å². The first-order valence-corrected chi connectivity index (χ1v) is 6.98. The van der Waals surface area contributed by atoms with Gasteiger partial charge in [-0.15, -0.1) is 0 Å². The van der Waals surface area contributed by atoms with Gasteiger partial charge in [0.05, 0.1) is 11.3 Å². The number of benzene rings is 1. The van der Waals surface area contributed by atoms with Crippen LogP contribution < -0.4 is 15.2 Å². The lowest BCUT2D eigenvalue weighted by atomic mass is 9.95. The first-order valence-electron chi connectivity index (χ1n) is 6.98. The zero-order chi connectivity index (χ0) is 13.5. The SMILES string of the molecule is Nc1onc(C2CCCC2)c1-c1ccc2c(c1)OCO2. The Hall–Kier alpha value is -2.17. The molecule has 1 fully saturated rings. The summed E-state index contributed by atoms with van der Waals surface area (Å²) in [5, 5.41) is 4.20. The number of ether oxygens (including phenoxy) is 2. The molecule has 0 amide bonds. The lowest BCUT2D eigenvalue weighted by Crippen LogP contribution is -1.96. The van der Waals surface area contributed by atoms with Gasteiger partial charge >= 0.3 is 0 Å². The average molecular weight is 272 g/mol. The van der Waals surface area contributed by atoms with Crippen LogP contribution in [0.15, 0.2) is 22.7 Å². The Kier molecular flexibility index (Phi) is 2.58. The van der Waals surface area contributed by atoms with Gasteiger partial charge in [0.2, 0.25) is 12.7 Å². The second kappa shape index (κ2) is 4.44. The number of rotatable bonds is 2. The van der Waals surface area contributed by atoms with E-state index in [2.05, 4.69) is 5.16 Å². The number of anilines is 1. The molecule has 0 unspecified atom stereocenters. The van der Waals surface area contributed by atoms with Crippen LogP contribution in [0.25, 0.3) is 11.1 Å². The number of aromatic nitrogens is 1. The van der Waals surface area contributed by atoms with E-state index >= 15 is 0 Å². The van der Waals surface area contributed by atoms with Crippen LogP contribution in [0.3, 0.4) is 0 Å². The Morgan fingerprint density at radius 3 is 2.75 bits per heavy atom. The van der Waals surface area contributed by atoms with E-state index in [9.17, 15) is 0 Å². The number of nitrogens with two attached hydrogens (primary N) is 1. The normalized spacial score (nSPS) is 17.8. The van der Waals surface area contributed by atoms with E-state index < -0.39 is 0 Å². The molecule has 5 heteroatoms. The van der Waals surface area contributed by atoms with Crippen molar-refractivity contribution < 1.29 is 14.0 Å². The van der Waals surface area contributed by atoms with Crippen LogP contribution in [0.1, 0.15) is 37.3 Å². The maximum absolute atomic E-state index is 5.98. The van der Waals surface area contributed by atoms with Gasteiger partial charge in [-0.2, -0.15) is 0 Å². The van der Waals surface area contributed by atoms with Crippen molar-refractivity contribution in [2.45, 2.75) is 31.6 Å². The summed E-state index contributed by atoms with van der Waals surface area (Å²) in [6, 6.07) is 5.83. The molecule has 0 atom stereocenters. The highest BCUT2D eigenvalue weighted by Gasteiger charge is 2.27. The van der Waals surface area contributed by atoms with Crippen molar-refractivity contribution in [2.24, 2.45) is 0 Å². The Morgan fingerprint density at radius 1 is 1.10 bits per heavy atom. The van der Waals surface area contributed by atoms with Crippen molar-refractivity contribution in [1.29, 1.82) is 0 Å². The van der Waals surface area contributed by atoms with Gasteiger partial charge in [0.15, 0.2) is 11.5 Å². The fourth-order valence-corrected chi connectivity index (χ4v) is 3.14. The van der Waals surface area contributed by atoms with Crippen LogP contribution in [-0.2, 0) is 0 Å². The lowest BCUT2D eigenvalue weighted by Gasteiger charge is -2.08. The molecule has 5 nitrogen and oxygen atoms in total. The monoisotopic (exact) mass is 272 g/mol. The van der Waals surface area contributed by atoms with E-state index in [-0.39, 0.29) is 6.79 Å². The van der Waals surface area contributed by atoms with Crippen LogP contribution in [0.5, 0.6) is 11.5 Å². The van der Waals surface area contributed by atoms with Crippen LogP contribution in [0.2, 0.25) is 0 Å². The van der Waals surface area contributed by atoms with Gasteiger partial charge in [-0.3, -0.25) is 0 Å². The molecule has 4 rings (SSSR count). The maximum Gasteiger partial charge on any atom is 0.231 e. The maximum atomic E-state index is 5.98. The predicted octanol–water partition coefficient (Wildman–Crippen LogP) is 3.31. The van der Waals surface area contributed by atoms with Gasteiger partial charge < -0.3 is 19.7 Å². The molecule has 104 valence electrons. The van der Waals surface area contributed by atoms with E-state index in [1.54, 1.807) is 0 Å². The van der Waals surface area contributed by atoms with Crippen LogP contribution in [0.4, 0.5) is 5.88 Å². The molecule has 1 aromatic heterocycles. The molecule has 1 aliphatic heterocycles. The van der Waals surface area contributed by atoms with E-state index in [1.807, 2.05) is 18.2 Å². The van der Waals surface area contributed by atoms with Crippen molar-refractivity contribution in [3.05, 3.63) is 23.9 Å². The van der Waals surface area contributed by atoms with Crippen molar-refractivity contribution in [3.8, 4) is 22.6 Å². The number of nitrogens with zero attached hydrogens (tertiary/aromatic N) is 1. The van der Waals surface area contributed by atoms with E-state index in [1.165, 1.54) is 12.8 Å². The second-order valence-corrected chi connectivity index (χ2v) is 5.36. The Balaban J connectivity index is 1.79. The van der Waals surface area contributed by atoms with Crippen LogP contribution in [-0.4, -0.2) is 11.9 Å². The molecule has 0 spiro atoms. The minimum Gasteiger partial charge on any atom is -0.454 e. The van der Waals surface area contributed by atoms with Crippen molar-refractivity contribution in [3.63, 3.8) is 0 Å². The topological polar surface area (TPSA) is 70.5 Å². The molecule has 0 radical (unpaired) electrons. The van der Waals surface area contributed by atoms with E-state index in [4.69, 9.17) is 19.7 Å². The summed E-state index contributed by atoms with van der Waals surface area (Å²) >= 11 is 0. The molecule has 2 N–H and O–H groups in total. The molecule has 2 aliphatic rings. The summed E-state index contributed by atoms with van der Waals surface area (Å²) in [5.41, 5.74) is 8.86. The van der Waals surface area contributed by atoms with Gasteiger partial charge in [-0.25, -0.2) is 0 Å². The molecule has 1 saturated carbocycles. The fourth-order valence-electron chi connectivity index (χ4n) is 3.14. The molecular weight excluding hydrogens is 256 g/mol. The summed E-state index contributed by atoms with van der Waals surface area (Å²) in [6.45, 7) is 0.271. The summed E-state index contributed by atoms with van der Waals surface area (Å²) < 4.78 is 16.0. The molecule has 2 heterocycles. The lowest BCUT2D eigenvalue weighted by molar-refractivity contribution is 0.174. The van der Waals surface area contributed by atoms with Gasteiger partial charge in [-0.1, -0.05) is 24.1 Å². The van der Waals surface area contributed by atoms with E-state index in [0.717, 1.165) is 41.2 Å². The first-order chi connectivity index (χ1) is 9.83. The number of fused-ring (bicyclic) bond motifs is 1. The minimum absolute atomic E-state index is 0.271. The highest BCUT2D eigenvalue weighted by Crippen LogP contribution is 2.43. The molecule has 0 bridgehead atoms. The van der Waals surface area contributed by atoms with E-state index in [0.29, 0.717) is 11.8 Å². The minimum atomic E-state index is 0.271. The predicted molar refractivity (Wildman–Crippen MR) is 73.7 cm³/mol. The summed E-state index contributed by atoms with van der Waals surface area (Å²) in [6.07, 6.45) is 4.81. The molecule has 0 saturated heterocycles. The van der Waals surface area contributed by atoms with Gasteiger partial charge in [0.1, 0.15) is 0 Å². The second-order valence-electron chi connectivity index (χ2n) is 5.36. The van der Waals surface area contributed by atoms with Crippen LogP contribution in [0, 0.1) is 0 Å². The van der Waals surface area contributed by atoms with Gasteiger partial charge in [-0.05, 0) is 30.5 Å². The Labute approximate surface area is 116 Å². The third-order valence-electron chi connectivity index (χ3n) is 4.15. The van der Waals surface area contributed by atoms with Crippen molar-refractivity contribution in [1.82, 2.24) is 5.16 Å². The third-order valence-corrected chi connectivity index (χ3v) is 4.15. The largest absolute Gasteiger partial charge is 0.454 e. The summed E-state index contributed by atoms with van der Waals surface area (Å²) in [7, 11) is 0. The Morgan fingerprint density at radius 2 is 1.90 bits per heavy atom. The summed E-state index contributed by atoms with van der Waals surface area (Å²) in [4.78, 5) is 0. The molecule has 1 aliphatic carbocycles. The zero-order valence-electron chi connectivity index (χ0n) is 11.1. The first kappa shape index (κ1) is 11.6. The highest BCUT2D eigenvalue weighted by molar-refractivity contribution is 5.77. The zero-order valence-corrected chi connectivity index (χ0v) is 11.1. The highest BCUT2D eigenvalue weighted by atomic mass is 16.7.